The lowest BCUT2D eigenvalue weighted by molar-refractivity contribution is -0.0960. The zero-order valence-electron chi connectivity index (χ0n) is 9.05. The molecule has 2 aliphatic rings. The second-order valence-electron chi connectivity index (χ2n) is 4.93. The Morgan fingerprint density at radius 3 is 2.92 bits per heavy atom. The summed E-state index contributed by atoms with van der Waals surface area (Å²) in [6.45, 7) is 8.83. The first-order chi connectivity index (χ1) is 6.14. The van der Waals surface area contributed by atoms with Gasteiger partial charge in [0.1, 0.15) is 0 Å². The van der Waals surface area contributed by atoms with Crippen molar-refractivity contribution in [3.05, 3.63) is 0 Å². The van der Waals surface area contributed by atoms with E-state index in [-0.39, 0.29) is 0 Å². The van der Waals surface area contributed by atoms with Crippen molar-refractivity contribution in [2.75, 3.05) is 13.2 Å². The van der Waals surface area contributed by atoms with Crippen molar-refractivity contribution in [2.24, 2.45) is 0 Å². The van der Waals surface area contributed by atoms with Crippen molar-refractivity contribution < 1.29 is 4.74 Å². The minimum atomic E-state index is 0.382. The minimum Gasteiger partial charge on any atom is -0.377 e. The maximum atomic E-state index is 5.76. The summed E-state index contributed by atoms with van der Waals surface area (Å²) in [7, 11) is 0. The molecular weight excluding hydrogens is 162 g/mol. The van der Waals surface area contributed by atoms with Crippen LogP contribution in [-0.2, 0) is 4.74 Å². The Bertz CT molecular complexity index is 193. The van der Waals surface area contributed by atoms with Gasteiger partial charge in [-0.15, -0.1) is 0 Å². The van der Waals surface area contributed by atoms with Crippen LogP contribution in [0, 0.1) is 0 Å². The van der Waals surface area contributed by atoms with Crippen LogP contribution in [0.1, 0.15) is 40.0 Å². The van der Waals surface area contributed by atoms with Gasteiger partial charge in [0, 0.05) is 11.6 Å². The third-order valence-electron chi connectivity index (χ3n) is 3.54. The normalized spacial score (nSPS) is 39.2. The molecule has 0 spiro atoms. The summed E-state index contributed by atoms with van der Waals surface area (Å²) in [6.07, 6.45) is 4.45. The minimum absolute atomic E-state index is 0.382. The summed E-state index contributed by atoms with van der Waals surface area (Å²) in [6, 6.07) is 0.804. The number of hydrogen-bond donors (Lipinski definition) is 0. The number of nitrogens with zero attached hydrogens (tertiary/aromatic N) is 1. The molecule has 0 radical (unpaired) electrons. The molecule has 2 heterocycles. The number of hydrogen-bond acceptors (Lipinski definition) is 2. The van der Waals surface area contributed by atoms with Gasteiger partial charge in [-0.3, -0.25) is 4.90 Å². The molecule has 13 heavy (non-hydrogen) atoms. The predicted octanol–water partition coefficient (Wildman–Crippen LogP) is 2.04. The summed E-state index contributed by atoms with van der Waals surface area (Å²) in [5.74, 6) is 0. The third kappa shape index (κ3) is 1.50. The highest BCUT2D eigenvalue weighted by Gasteiger charge is 2.52. The molecule has 0 bridgehead atoms. The Kier molecular flexibility index (Phi) is 2.37. The molecule has 2 saturated heterocycles. The van der Waals surface area contributed by atoms with Crippen molar-refractivity contribution in [1.29, 1.82) is 0 Å². The van der Waals surface area contributed by atoms with Gasteiger partial charge in [-0.1, -0.05) is 0 Å². The lowest BCUT2D eigenvalue weighted by Crippen LogP contribution is -2.63. The summed E-state index contributed by atoms with van der Waals surface area (Å²) in [4.78, 5) is 2.63. The van der Waals surface area contributed by atoms with Gasteiger partial charge < -0.3 is 4.74 Å². The van der Waals surface area contributed by atoms with Gasteiger partial charge in [0.05, 0.1) is 12.7 Å². The van der Waals surface area contributed by atoms with E-state index < -0.39 is 0 Å². The van der Waals surface area contributed by atoms with Gasteiger partial charge in [-0.05, 0) is 46.6 Å². The van der Waals surface area contributed by atoms with Crippen LogP contribution in [-0.4, -0.2) is 35.7 Å². The van der Waals surface area contributed by atoms with Crippen molar-refractivity contribution in [3.63, 3.8) is 0 Å². The van der Waals surface area contributed by atoms with E-state index in [0.717, 1.165) is 12.6 Å². The monoisotopic (exact) mass is 183 g/mol. The molecule has 2 nitrogen and oxygen atoms in total. The van der Waals surface area contributed by atoms with Crippen LogP contribution in [0.3, 0.4) is 0 Å². The standard InChI is InChI=1S/C11H21NO/c1-9(2)13-8-11-5-4-6-12(11)10(3)7-11/h9-10H,4-8H2,1-3H3/t10-,11+/m1/s1. The van der Waals surface area contributed by atoms with E-state index in [1.807, 2.05) is 0 Å². The first-order valence-electron chi connectivity index (χ1n) is 5.52. The van der Waals surface area contributed by atoms with Gasteiger partial charge in [-0.2, -0.15) is 0 Å². The fourth-order valence-corrected chi connectivity index (χ4v) is 2.95. The highest BCUT2D eigenvalue weighted by atomic mass is 16.5. The molecule has 0 aromatic heterocycles. The fraction of sp³-hybridized carbons (Fsp3) is 1.00. The van der Waals surface area contributed by atoms with Crippen molar-refractivity contribution in [2.45, 2.75) is 57.7 Å². The van der Waals surface area contributed by atoms with Gasteiger partial charge >= 0.3 is 0 Å². The molecule has 0 saturated carbocycles. The summed E-state index contributed by atoms with van der Waals surface area (Å²) in [5.41, 5.74) is 0.448. The van der Waals surface area contributed by atoms with Gasteiger partial charge in [-0.25, -0.2) is 0 Å². The molecule has 76 valence electrons. The van der Waals surface area contributed by atoms with Crippen LogP contribution in [0.2, 0.25) is 0 Å². The second kappa shape index (κ2) is 3.25. The van der Waals surface area contributed by atoms with Crippen LogP contribution in [0.15, 0.2) is 0 Å². The third-order valence-corrected chi connectivity index (χ3v) is 3.54. The van der Waals surface area contributed by atoms with Gasteiger partial charge in [0.15, 0.2) is 0 Å². The maximum Gasteiger partial charge on any atom is 0.0654 e. The number of ether oxygens (including phenoxy) is 1. The first-order valence-corrected chi connectivity index (χ1v) is 5.52. The smallest absolute Gasteiger partial charge is 0.0654 e. The molecule has 2 rings (SSSR count). The average molecular weight is 183 g/mol. The Balaban J connectivity index is 1.90. The van der Waals surface area contributed by atoms with Crippen LogP contribution in [0.4, 0.5) is 0 Å². The summed E-state index contributed by atoms with van der Waals surface area (Å²) >= 11 is 0. The molecular formula is C11H21NO. The largest absolute Gasteiger partial charge is 0.377 e. The van der Waals surface area contributed by atoms with Gasteiger partial charge in [0.2, 0.25) is 0 Å². The van der Waals surface area contributed by atoms with E-state index in [4.69, 9.17) is 4.74 Å². The van der Waals surface area contributed by atoms with Crippen LogP contribution < -0.4 is 0 Å². The van der Waals surface area contributed by atoms with Crippen LogP contribution in [0.5, 0.6) is 0 Å². The molecule has 2 atom stereocenters. The second-order valence-corrected chi connectivity index (χ2v) is 4.93. The van der Waals surface area contributed by atoms with E-state index in [1.54, 1.807) is 0 Å². The van der Waals surface area contributed by atoms with Crippen molar-refractivity contribution in [3.8, 4) is 0 Å². The van der Waals surface area contributed by atoms with Crippen LogP contribution in [0.25, 0.3) is 0 Å². The zero-order valence-corrected chi connectivity index (χ0v) is 9.05. The highest BCUT2D eigenvalue weighted by Crippen LogP contribution is 2.45. The van der Waals surface area contributed by atoms with Crippen LogP contribution >= 0.6 is 0 Å². The van der Waals surface area contributed by atoms with Gasteiger partial charge in [0.25, 0.3) is 0 Å². The molecule has 2 aliphatic heterocycles. The molecule has 0 aromatic carbocycles. The lowest BCUT2D eigenvalue weighted by Gasteiger charge is -2.53. The summed E-state index contributed by atoms with van der Waals surface area (Å²) in [5, 5.41) is 0. The molecule has 0 N–H and O–H groups in total. The van der Waals surface area contributed by atoms with E-state index in [9.17, 15) is 0 Å². The Hall–Kier alpha value is -0.0800. The van der Waals surface area contributed by atoms with E-state index in [1.165, 1.54) is 25.8 Å². The van der Waals surface area contributed by atoms with E-state index >= 15 is 0 Å². The summed E-state index contributed by atoms with van der Waals surface area (Å²) < 4.78 is 5.76. The maximum absolute atomic E-state index is 5.76. The highest BCUT2D eigenvalue weighted by molar-refractivity contribution is 5.08. The molecule has 0 amide bonds. The topological polar surface area (TPSA) is 12.5 Å². The zero-order chi connectivity index (χ0) is 9.47. The van der Waals surface area contributed by atoms with Crippen molar-refractivity contribution >= 4 is 0 Å². The fourth-order valence-electron chi connectivity index (χ4n) is 2.95. The van der Waals surface area contributed by atoms with Crippen molar-refractivity contribution in [1.82, 2.24) is 4.90 Å². The number of fused-ring (bicyclic) bond motifs is 1. The Morgan fingerprint density at radius 1 is 1.54 bits per heavy atom. The van der Waals surface area contributed by atoms with E-state index in [2.05, 4.69) is 25.7 Å². The lowest BCUT2D eigenvalue weighted by atomic mass is 9.80. The number of rotatable bonds is 3. The molecule has 2 fully saturated rings. The SMILES string of the molecule is CC(C)OC[C@@]12CCCN1[C@H](C)C2. The first kappa shape index (κ1) is 9.47. The Labute approximate surface area is 81.3 Å². The quantitative estimate of drug-likeness (QED) is 0.664. The molecule has 2 heteroatoms. The average Bonchev–Trinajstić information content (AvgIpc) is 2.39. The molecule has 0 aromatic rings. The predicted molar refractivity (Wildman–Crippen MR) is 53.8 cm³/mol. The molecule has 0 aliphatic carbocycles. The van der Waals surface area contributed by atoms with E-state index in [0.29, 0.717) is 11.6 Å². The molecule has 0 unspecified atom stereocenters. The Morgan fingerprint density at radius 2 is 2.31 bits per heavy atom.